The van der Waals surface area contributed by atoms with Crippen molar-refractivity contribution in [2.75, 3.05) is 17.2 Å². The molecule has 0 radical (unpaired) electrons. The maximum Gasteiger partial charge on any atom is 0.131 e. The quantitative estimate of drug-likeness (QED) is 0.783. The summed E-state index contributed by atoms with van der Waals surface area (Å²) in [7, 11) is 0. The van der Waals surface area contributed by atoms with Crippen molar-refractivity contribution in [2.24, 2.45) is 0 Å². The molecule has 1 fully saturated rings. The van der Waals surface area contributed by atoms with Gasteiger partial charge in [0, 0.05) is 18.7 Å². The maximum absolute atomic E-state index is 4.37. The first-order valence-electron chi connectivity index (χ1n) is 8.76. The zero-order chi connectivity index (χ0) is 15.7. The van der Waals surface area contributed by atoms with Crippen LogP contribution < -0.4 is 10.6 Å². The van der Waals surface area contributed by atoms with Crippen LogP contribution in [0.25, 0.3) is 0 Å². The van der Waals surface area contributed by atoms with Gasteiger partial charge < -0.3 is 10.6 Å². The van der Waals surface area contributed by atoms with Gasteiger partial charge in [0.15, 0.2) is 0 Å². The van der Waals surface area contributed by atoms with Gasteiger partial charge in [-0.3, -0.25) is 0 Å². The van der Waals surface area contributed by atoms with Crippen molar-refractivity contribution in [3.05, 3.63) is 48.3 Å². The van der Waals surface area contributed by atoms with Crippen molar-refractivity contribution in [3.8, 4) is 0 Å². The van der Waals surface area contributed by atoms with Crippen LogP contribution in [0.2, 0.25) is 0 Å². The normalized spacial score (nSPS) is 15.8. The zero-order valence-corrected chi connectivity index (χ0v) is 13.7. The van der Waals surface area contributed by atoms with Gasteiger partial charge in [0.2, 0.25) is 0 Å². The van der Waals surface area contributed by atoms with E-state index in [0.29, 0.717) is 6.04 Å². The third kappa shape index (κ3) is 5.23. The van der Waals surface area contributed by atoms with Crippen LogP contribution in [0, 0.1) is 0 Å². The lowest BCUT2D eigenvalue weighted by Gasteiger charge is -2.17. The molecule has 3 rings (SSSR count). The fraction of sp³-hybridized carbons (Fsp3) is 0.474. The van der Waals surface area contributed by atoms with Crippen LogP contribution in [0.15, 0.2) is 42.7 Å². The molecule has 1 aromatic heterocycles. The molecule has 0 spiro atoms. The molecule has 1 aromatic carbocycles. The summed E-state index contributed by atoms with van der Waals surface area (Å²) in [5.74, 6) is 1.83. The van der Waals surface area contributed by atoms with Crippen LogP contribution in [0.5, 0.6) is 0 Å². The minimum absolute atomic E-state index is 0.560. The molecule has 1 heterocycles. The summed E-state index contributed by atoms with van der Waals surface area (Å²) >= 11 is 0. The molecule has 0 aliphatic heterocycles. The Bertz CT molecular complexity index is 577. The number of anilines is 2. The predicted octanol–water partition coefficient (Wildman–Crippen LogP) is 4.27. The number of benzene rings is 1. The smallest absolute Gasteiger partial charge is 0.131 e. The standard InChI is InChI=1S/C19H26N4/c1-2-7-11-17(10-6-1)23-19-14-18(21-15-22-19)20-13-12-16-8-4-3-5-9-16/h3-5,8-9,14-15,17H,1-2,6-7,10-13H2,(H2,20,21,22,23). The highest BCUT2D eigenvalue weighted by Gasteiger charge is 2.12. The number of rotatable bonds is 6. The van der Waals surface area contributed by atoms with E-state index in [1.807, 2.05) is 12.1 Å². The van der Waals surface area contributed by atoms with Crippen LogP contribution in [0.4, 0.5) is 11.6 Å². The molecule has 1 saturated carbocycles. The number of nitrogens with one attached hydrogen (secondary N) is 2. The predicted molar refractivity (Wildman–Crippen MR) is 95.8 cm³/mol. The van der Waals surface area contributed by atoms with E-state index >= 15 is 0 Å². The van der Waals surface area contributed by atoms with Crippen LogP contribution >= 0.6 is 0 Å². The Balaban J connectivity index is 1.50. The summed E-state index contributed by atoms with van der Waals surface area (Å²) in [4.78, 5) is 8.69. The first kappa shape index (κ1) is 15.8. The number of nitrogens with zero attached hydrogens (tertiary/aromatic N) is 2. The van der Waals surface area contributed by atoms with Gasteiger partial charge in [-0.2, -0.15) is 0 Å². The first-order chi connectivity index (χ1) is 11.4. The highest BCUT2D eigenvalue weighted by Crippen LogP contribution is 2.20. The average Bonchev–Trinajstić information content (AvgIpc) is 2.85. The highest BCUT2D eigenvalue weighted by molar-refractivity contribution is 5.47. The SMILES string of the molecule is c1ccc(CCNc2cc(NC3CCCCCC3)ncn2)cc1. The third-order valence-electron chi connectivity index (χ3n) is 4.44. The van der Waals surface area contributed by atoms with Crippen LogP contribution in [-0.4, -0.2) is 22.6 Å². The Morgan fingerprint density at radius 2 is 1.65 bits per heavy atom. The second-order valence-corrected chi connectivity index (χ2v) is 6.28. The molecular formula is C19H26N4. The van der Waals surface area contributed by atoms with Gasteiger partial charge in [0.05, 0.1) is 0 Å². The van der Waals surface area contributed by atoms with E-state index in [1.165, 1.54) is 44.1 Å². The van der Waals surface area contributed by atoms with Gasteiger partial charge in [-0.1, -0.05) is 56.0 Å². The Morgan fingerprint density at radius 1 is 0.913 bits per heavy atom. The fourth-order valence-corrected chi connectivity index (χ4v) is 3.15. The molecule has 4 nitrogen and oxygen atoms in total. The molecular weight excluding hydrogens is 284 g/mol. The lowest BCUT2D eigenvalue weighted by Crippen LogP contribution is -2.19. The molecule has 1 aliphatic rings. The van der Waals surface area contributed by atoms with Crippen molar-refractivity contribution < 1.29 is 0 Å². The lowest BCUT2D eigenvalue weighted by molar-refractivity contribution is 0.617. The number of aromatic nitrogens is 2. The van der Waals surface area contributed by atoms with Crippen LogP contribution in [0.3, 0.4) is 0 Å². The van der Waals surface area contributed by atoms with Gasteiger partial charge in [-0.25, -0.2) is 9.97 Å². The second kappa shape index (κ2) is 8.51. The van der Waals surface area contributed by atoms with Crippen molar-refractivity contribution in [1.82, 2.24) is 9.97 Å². The first-order valence-corrected chi connectivity index (χ1v) is 8.76. The van der Waals surface area contributed by atoms with Gasteiger partial charge in [-0.15, -0.1) is 0 Å². The van der Waals surface area contributed by atoms with E-state index in [9.17, 15) is 0 Å². The van der Waals surface area contributed by atoms with E-state index in [0.717, 1.165) is 24.6 Å². The van der Waals surface area contributed by atoms with Gasteiger partial charge in [0.1, 0.15) is 18.0 Å². The zero-order valence-electron chi connectivity index (χ0n) is 13.7. The minimum atomic E-state index is 0.560. The molecule has 0 atom stereocenters. The van der Waals surface area contributed by atoms with Crippen molar-refractivity contribution in [3.63, 3.8) is 0 Å². The number of hydrogen-bond donors (Lipinski definition) is 2. The van der Waals surface area contributed by atoms with Gasteiger partial charge in [0.25, 0.3) is 0 Å². The second-order valence-electron chi connectivity index (χ2n) is 6.28. The molecule has 0 amide bonds. The van der Waals surface area contributed by atoms with Crippen LogP contribution in [-0.2, 0) is 6.42 Å². The minimum Gasteiger partial charge on any atom is -0.370 e. The van der Waals surface area contributed by atoms with Crippen molar-refractivity contribution in [2.45, 2.75) is 51.0 Å². The lowest BCUT2D eigenvalue weighted by atomic mass is 10.1. The Hall–Kier alpha value is -2.10. The molecule has 2 N–H and O–H groups in total. The Kier molecular flexibility index (Phi) is 5.84. The summed E-state index contributed by atoms with van der Waals surface area (Å²) in [6.45, 7) is 0.879. The maximum atomic E-state index is 4.37. The monoisotopic (exact) mass is 310 g/mol. The van der Waals surface area contributed by atoms with E-state index in [2.05, 4.69) is 44.9 Å². The molecule has 0 bridgehead atoms. The van der Waals surface area contributed by atoms with E-state index in [4.69, 9.17) is 0 Å². The Morgan fingerprint density at radius 3 is 2.43 bits per heavy atom. The van der Waals surface area contributed by atoms with Gasteiger partial charge in [-0.05, 0) is 24.8 Å². The number of hydrogen-bond acceptors (Lipinski definition) is 4. The van der Waals surface area contributed by atoms with Crippen LogP contribution in [0.1, 0.15) is 44.1 Å². The van der Waals surface area contributed by atoms with E-state index < -0.39 is 0 Å². The van der Waals surface area contributed by atoms with E-state index in [-0.39, 0.29) is 0 Å². The summed E-state index contributed by atoms with van der Waals surface area (Å²) in [5, 5.41) is 6.97. The fourth-order valence-electron chi connectivity index (χ4n) is 3.15. The molecule has 122 valence electrons. The molecule has 4 heteroatoms. The van der Waals surface area contributed by atoms with Crippen molar-refractivity contribution >= 4 is 11.6 Å². The Labute approximate surface area is 138 Å². The summed E-state index contributed by atoms with van der Waals surface area (Å²) in [6, 6.07) is 13.1. The summed E-state index contributed by atoms with van der Waals surface area (Å²) < 4.78 is 0. The average molecular weight is 310 g/mol. The summed E-state index contributed by atoms with van der Waals surface area (Å²) in [5.41, 5.74) is 1.34. The third-order valence-corrected chi connectivity index (χ3v) is 4.44. The largest absolute Gasteiger partial charge is 0.370 e. The summed E-state index contributed by atoms with van der Waals surface area (Å²) in [6.07, 6.45) is 10.5. The van der Waals surface area contributed by atoms with E-state index in [1.54, 1.807) is 6.33 Å². The molecule has 0 saturated heterocycles. The highest BCUT2D eigenvalue weighted by atomic mass is 15.1. The topological polar surface area (TPSA) is 49.8 Å². The molecule has 23 heavy (non-hydrogen) atoms. The molecule has 1 aliphatic carbocycles. The van der Waals surface area contributed by atoms with Gasteiger partial charge >= 0.3 is 0 Å². The molecule has 2 aromatic rings. The molecule has 0 unspecified atom stereocenters. The van der Waals surface area contributed by atoms with Crippen molar-refractivity contribution in [1.29, 1.82) is 0 Å².